The maximum absolute atomic E-state index is 11.8. The molecular weight excluding hydrogens is 224 g/mol. The number of hydrogen-bond acceptors (Lipinski definition) is 3. The molecule has 0 aliphatic carbocycles. The van der Waals surface area contributed by atoms with Crippen molar-refractivity contribution in [1.82, 2.24) is 20.1 Å². The molecule has 0 spiro atoms. The topological polar surface area (TPSA) is 62.7 Å². The first kappa shape index (κ1) is 12.9. The van der Waals surface area contributed by atoms with Crippen LogP contribution in [-0.4, -0.2) is 27.2 Å². The lowest BCUT2D eigenvalue weighted by Gasteiger charge is -2.15. The van der Waals surface area contributed by atoms with Gasteiger partial charge in [-0.2, -0.15) is 5.10 Å². The number of aryl methyl sites for hydroxylation is 1. The second-order valence-electron chi connectivity index (χ2n) is 4.26. The molecule has 1 amide bonds. The highest BCUT2D eigenvalue weighted by Gasteiger charge is 2.17. The van der Waals surface area contributed by atoms with Gasteiger partial charge in [0.25, 0.3) is 0 Å². The molecule has 0 radical (unpaired) electrons. The molecule has 0 saturated heterocycles. The van der Waals surface area contributed by atoms with E-state index >= 15 is 0 Å². The van der Waals surface area contributed by atoms with Gasteiger partial charge < -0.3 is 5.32 Å². The van der Waals surface area contributed by atoms with Gasteiger partial charge in [0.05, 0.1) is 0 Å². The van der Waals surface area contributed by atoms with Crippen molar-refractivity contribution in [2.45, 2.75) is 33.7 Å². The first-order chi connectivity index (χ1) is 7.43. The molecule has 0 aromatic carbocycles. The second kappa shape index (κ2) is 5.25. The molecule has 0 aliphatic rings. The third kappa shape index (κ3) is 2.91. The van der Waals surface area contributed by atoms with Gasteiger partial charge in [0, 0.05) is 6.54 Å². The Morgan fingerprint density at radius 2 is 2.19 bits per heavy atom. The summed E-state index contributed by atoms with van der Waals surface area (Å²) in [5, 5.41) is 9.53. The number of H-pyrrole nitrogens is 1. The predicted octanol–water partition coefficient (Wildman–Crippen LogP) is 1.58. The summed E-state index contributed by atoms with van der Waals surface area (Å²) in [6.45, 7) is 8.42. The standard InChI is InChI=1S/C10H18N4OS/c1-6(2)5-11-9(15)7(3)14-8(4)12-13-10(14)16/h6-7H,5H2,1-4H3,(H,11,15)(H,13,16). The largest absolute Gasteiger partial charge is 0.354 e. The van der Waals surface area contributed by atoms with Crippen LogP contribution in [0, 0.1) is 17.6 Å². The van der Waals surface area contributed by atoms with Crippen LogP contribution in [0.25, 0.3) is 0 Å². The molecule has 1 atom stereocenters. The quantitative estimate of drug-likeness (QED) is 0.788. The molecule has 1 unspecified atom stereocenters. The normalized spacial score (nSPS) is 12.8. The molecule has 0 bridgehead atoms. The van der Waals surface area contributed by atoms with E-state index in [-0.39, 0.29) is 11.9 Å². The number of carbonyl (C=O) groups is 1. The van der Waals surface area contributed by atoms with E-state index in [2.05, 4.69) is 29.4 Å². The zero-order valence-electron chi connectivity index (χ0n) is 10.1. The highest BCUT2D eigenvalue weighted by molar-refractivity contribution is 7.71. The average Bonchev–Trinajstić information content (AvgIpc) is 2.54. The Bertz CT molecular complexity index is 421. The number of rotatable bonds is 4. The predicted molar refractivity (Wildman–Crippen MR) is 64.7 cm³/mol. The maximum atomic E-state index is 11.8. The number of carbonyl (C=O) groups excluding carboxylic acids is 1. The molecule has 2 N–H and O–H groups in total. The number of nitrogens with one attached hydrogen (secondary N) is 2. The van der Waals surface area contributed by atoms with E-state index in [4.69, 9.17) is 12.2 Å². The van der Waals surface area contributed by atoms with Crippen LogP contribution in [-0.2, 0) is 4.79 Å². The third-order valence-electron chi connectivity index (χ3n) is 2.33. The second-order valence-corrected chi connectivity index (χ2v) is 4.65. The van der Waals surface area contributed by atoms with E-state index in [0.717, 1.165) is 5.82 Å². The monoisotopic (exact) mass is 242 g/mol. The van der Waals surface area contributed by atoms with Gasteiger partial charge in [0.15, 0.2) is 4.77 Å². The van der Waals surface area contributed by atoms with E-state index in [1.807, 2.05) is 13.8 Å². The van der Waals surface area contributed by atoms with Gasteiger partial charge in [-0.25, -0.2) is 0 Å². The lowest BCUT2D eigenvalue weighted by molar-refractivity contribution is -0.124. The Hall–Kier alpha value is -1.17. The lowest BCUT2D eigenvalue weighted by atomic mass is 10.2. The fraction of sp³-hybridized carbons (Fsp3) is 0.700. The molecule has 16 heavy (non-hydrogen) atoms. The Morgan fingerprint density at radius 1 is 1.56 bits per heavy atom. The highest BCUT2D eigenvalue weighted by atomic mass is 32.1. The van der Waals surface area contributed by atoms with E-state index in [0.29, 0.717) is 17.2 Å². The van der Waals surface area contributed by atoms with E-state index in [1.54, 1.807) is 4.57 Å². The Labute approximate surface area is 100 Å². The summed E-state index contributed by atoms with van der Waals surface area (Å²) in [7, 11) is 0. The van der Waals surface area contributed by atoms with Crippen LogP contribution in [0.2, 0.25) is 0 Å². The van der Waals surface area contributed by atoms with Crippen molar-refractivity contribution in [3.63, 3.8) is 0 Å². The zero-order valence-corrected chi connectivity index (χ0v) is 10.9. The number of aromatic nitrogens is 3. The summed E-state index contributed by atoms with van der Waals surface area (Å²) >= 11 is 5.07. The smallest absolute Gasteiger partial charge is 0.242 e. The van der Waals surface area contributed by atoms with Crippen molar-refractivity contribution in [1.29, 1.82) is 0 Å². The molecule has 1 aromatic heterocycles. The van der Waals surface area contributed by atoms with Crippen LogP contribution in [0.15, 0.2) is 0 Å². The summed E-state index contributed by atoms with van der Waals surface area (Å²) < 4.78 is 2.19. The van der Waals surface area contributed by atoms with Gasteiger partial charge in [-0.3, -0.25) is 14.5 Å². The number of nitrogens with zero attached hydrogens (tertiary/aromatic N) is 2. The summed E-state index contributed by atoms with van der Waals surface area (Å²) in [6.07, 6.45) is 0. The maximum Gasteiger partial charge on any atom is 0.242 e. The van der Waals surface area contributed by atoms with Crippen molar-refractivity contribution >= 4 is 18.1 Å². The molecule has 0 fully saturated rings. The minimum atomic E-state index is -0.329. The lowest BCUT2D eigenvalue weighted by Crippen LogP contribution is -2.33. The summed E-state index contributed by atoms with van der Waals surface area (Å²) in [6, 6.07) is -0.329. The number of amides is 1. The Kier molecular flexibility index (Phi) is 4.23. The highest BCUT2D eigenvalue weighted by Crippen LogP contribution is 2.09. The summed E-state index contributed by atoms with van der Waals surface area (Å²) in [5.74, 6) is 1.13. The van der Waals surface area contributed by atoms with Gasteiger partial charge in [-0.15, -0.1) is 0 Å². The minimum absolute atomic E-state index is 0.0331. The molecule has 1 aromatic rings. The summed E-state index contributed by atoms with van der Waals surface area (Å²) in [4.78, 5) is 11.8. The van der Waals surface area contributed by atoms with Gasteiger partial charge in [-0.1, -0.05) is 13.8 Å². The van der Waals surface area contributed by atoms with Gasteiger partial charge >= 0.3 is 0 Å². The average molecular weight is 242 g/mol. The van der Waals surface area contributed by atoms with Crippen molar-refractivity contribution in [3.8, 4) is 0 Å². The van der Waals surface area contributed by atoms with E-state index in [9.17, 15) is 4.79 Å². The fourth-order valence-corrected chi connectivity index (χ4v) is 1.75. The molecule has 0 aliphatic heterocycles. The molecule has 1 heterocycles. The Balaban J connectivity index is 2.75. The molecule has 90 valence electrons. The van der Waals surface area contributed by atoms with E-state index < -0.39 is 0 Å². The first-order valence-corrected chi connectivity index (χ1v) is 5.75. The van der Waals surface area contributed by atoms with E-state index in [1.165, 1.54) is 0 Å². The summed E-state index contributed by atoms with van der Waals surface area (Å²) in [5.41, 5.74) is 0. The van der Waals surface area contributed by atoms with Gasteiger partial charge in [0.1, 0.15) is 11.9 Å². The van der Waals surface area contributed by atoms with Crippen molar-refractivity contribution in [3.05, 3.63) is 10.6 Å². The van der Waals surface area contributed by atoms with Crippen molar-refractivity contribution < 1.29 is 4.79 Å². The van der Waals surface area contributed by atoms with Crippen LogP contribution in [0.3, 0.4) is 0 Å². The number of aromatic amines is 1. The first-order valence-electron chi connectivity index (χ1n) is 5.34. The molecule has 0 saturated carbocycles. The minimum Gasteiger partial charge on any atom is -0.354 e. The van der Waals surface area contributed by atoms with Crippen LogP contribution in [0.4, 0.5) is 0 Å². The van der Waals surface area contributed by atoms with Crippen molar-refractivity contribution in [2.24, 2.45) is 5.92 Å². The zero-order chi connectivity index (χ0) is 12.3. The van der Waals surface area contributed by atoms with Gasteiger partial charge in [-0.05, 0) is 32.0 Å². The fourth-order valence-electron chi connectivity index (χ4n) is 1.41. The Morgan fingerprint density at radius 3 is 2.62 bits per heavy atom. The van der Waals surface area contributed by atoms with Crippen LogP contribution in [0.5, 0.6) is 0 Å². The van der Waals surface area contributed by atoms with Crippen molar-refractivity contribution in [2.75, 3.05) is 6.54 Å². The van der Waals surface area contributed by atoms with Gasteiger partial charge in [0.2, 0.25) is 5.91 Å². The van der Waals surface area contributed by atoms with Crippen LogP contribution in [0.1, 0.15) is 32.6 Å². The molecule has 5 nitrogen and oxygen atoms in total. The van der Waals surface area contributed by atoms with Crippen LogP contribution >= 0.6 is 12.2 Å². The molecule has 1 rings (SSSR count). The van der Waals surface area contributed by atoms with Crippen LogP contribution < -0.4 is 5.32 Å². The molecular formula is C10H18N4OS. The third-order valence-corrected chi connectivity index (χ3v) is 2.62. The SMILES string of the molecule is Cc1n[nH]c(=S)n1C(C)C(=O)NCC(C)C. The molecule has 6 heteroatoms. The number of hydrogen-bond donors (Lipinski definition) is 2.